The highest BCUT2D eigenvalue weighted by atomic mass is 35.5. The number of carbonyl (C=O) groups is 2. The molecule has 2 rings (SSSR count). The molecule has 13 heteroatoms. The first-order valence-corrected chi connectivity index (χ1v) is 12.3. The van der Waals surface area contributed by atoms with Crippen molar-refractivity contribution < 1.29 is 35.9 Å². The standard InChI is InChI=1S/C23H19Cl3F6N2O2.C2H6/c1-11-7-13(3-5-15(11)21(36)34-12(2)20(35)33-10-22(27,28)29)4-6-16(23(30,31)32)14-8-17(24)19(26)18(25)9-14;1-2/h3-9,12,16H,10H2,1-2H3,(H,33,35)(H,34,36);1-2H3/b6-4+;. The van der Waals surface area contributed by atoms with E-state index in [9.17, 15) is 35.9 Å². The third-order valence-electron chi connectivity index (χ3n) is 4.90. The summed E-state index contributed by atoms with van der Waals surface area (Å²) < 4.78 is 77.8. The van der Waals surface area contributed by atoms with Gasteiger partial charge in [-0.15, -0.1) is 0 Å². The average molecular weight is 606 g/mol. The van der Waals surface area contributed by atoms with E-state index in [4.69, 9.17) is 34.8 Å². The lowest BCUT2D eigenvalue weighted by Gasteiger charge is -2.18. The summed E-state index contributed by atoms with van der Waals surface area (Å²) in [5.74, 6) is -3.82. The van der Waals surface area contributed by atoms with Crippen molar-refractivity contribution >= 4 is 52.7 Å². The molecule has 0 fully saturated rings. The first kappa shape index (κ1) is 33.6. The van der Waals surface area contributed by atoms with Crippen molar-refractivity contribution in [2.75, 3.05) is 6.54 Å². The zero-order valence-corrected chi connectivity index (χ0v) is 22.9. The summed E-state index contributed by atoms with van der Waals surface area (Å²) in [5, 5.41) is 3.61. The van der Waals surface area contributed by atoms with Crippen LogP contribution in [0.5, 0.6) is 0 Å². The fourth-order valence-corrected chi connectivity index (χ4v) is 3.71. The second kappa shape index (κ2) is 14.1. The van der Waals surface area contributed by atoms with Crippen LogP contribution in [-0.2, 0) is 4.79 Å². The van der Waals surface area contributed by atoms with E-state index < -0.39 is 42.7 Å². The number of rotatable bonds is 7. The van der Waals surface area contributed by atoms with Crippen LogP contribution >= 0.6 is 34.8 Å². The zero-order chi connectivity index (χ0) is 29.4. The topological polar surface area (TPSA) is 58.2 Å². The minimum Gasteiger partial charge on any atom is -0.345 e. The van der Waals surface area contributed by atoms with Crippen LogP contribution in [0.1, 0.15) is 53.7 Å². The molecule has 0 aliphatic heterocycles. The molecule has 0 spiro atoms. The fourth-order valence-electron chi connectivity index (χ4n) is 3.10. The Balaban J connectivity index is 0.00000352. The maximum atomic E-state index is 13.7. The lowest BCUT2D eigenvalue weighted by molar-refractivity contribution is -0.139. The highest BCUT2D eigenvalue weighted by Gasteiger charge is 2.39. The maximum Gasteiger partial charge on any atom is 0.405 e. The van der Waals surface area contributed by atoms with Gasteiger partial charge in [0, 0.05) is 5.56 Å². The summed E-state index contributed by atoms with van der Waals surface area (Å²) in [6, 6.07) is 5.02. The van der Waals surface area contributed by atoms with Crippen LogP contribution in [-0.4, -0.2) is 36.8 Å². The van der Waals surface area contributed by atoms with Crippen LogP contribution < -0.4 is 10.6 Å². The highest BCUT2D eigenvalue weighted by Crippen LogP contribution is 2.41. The lowest BCUT2D eigenvalue weighted by atomic mass is 9.96. The third-order valence-corrected chi connectivity index (χ3v) is 6.09. The molecule has 0 heterocycles. The Labute approximate surface area is 231 Å². The molecule has 0 bridgehead atoms. The van der Waals surface area contributed by atoms with Gasteiger partial charge in [-0.3, -0.25) is 9.59 Å². The molecule has 2 unspecified atom stereocenters. The van der Waals surface area contributed by atoms with Crippen LogP contribution in [0.4, 0.5) is 26.3 Å². The van der Waals surface area contributed by atoms with E-state index in [2.05, 4.69) is 5.32 Å². The fraction of sp³-hybridized carbons (Fsp3) is 0.360. The van der Waals surface area contributed by atoms with Gasteiger partial charge in [0.2, 0.25) is 5.91 Å². The van der Waals surface area contributed by atoms with Crippen molar-refractivity contribution in [1.82, 2.24) is 10.6 Å². The molecular weight excluding hydrogens is 581 g/mol. The molecule has 0 aliphatic carbocycles. The number of alkyl halides is 6. The van der Waals surface area contributed by atoms with Crippen LogP contribution in [0.25, 0.3) is 6.08 Å². The number of benzene rings is 2. The average Bonchev–Trinajstić information content (AvgIpc) is 2.80. The summed E-state index contributed by atoms with van der Waals surface area (Å²) in [7, 11) is 0. The number of aryl methyl sites for hydroxylation is 1. The lowest BCUT2D eigenvalue weighted by Crippen LogP contribution is -2.47. The minimum atomic E-state index is -4.67. The Bertz CT molecular complexity index is 1140. The van der Waals surface area contributed by atoms with Gasteiger partial charge >= 0.3 is 12.4 Å². The normalized spacial score (nSPS) is 13.4. The monoisotopic (exact) mass is 604 g/mol. The number of hydrogen-bond acceptors (Lipinski definition) is 2. The van der Waals surface area contributed by atoms with Crippen molar-refractivity contribution in [3.05, 3.63) is 73.7 Å². The predicted molar refractivity (Wildman–Crippen MR) is 138 cm³/mol. The Morgan fingerprint density at radius 3 is 2.00 bits per heavy atom. The van der Waals surface area contributed by atoms with E-state index in [1.165, 1.54) is 38.1 Å². The predicted octanol–water partition coefficient (Wildman–Crippen LogP) is 8.14. The van der Waals surface area contributed by atoms with Gasteiger partial charge in [-0.05, 0) is 48.7 Å². The van der Waals surface area contributed by atoms with Crippen LogP contribution in [0, 0.1) is 6.92 Å². The van der Waals surface area contributed by atoms with E-state index in [0.717, 1.165) is 18.2 Å². The smallest absolute Gasteiger partial charge is 0.345 e. The first-order valence-electron chi connectivity index (χ1n) is 11.1. The van der Waals surface area contributed by atoms with Gasteiger partial charge in [-0.2, -0.15) is 26.3 Å². The summed E-state index contributed by atoms with van der Waals surface area (Å²) in [5.41, 5.74) is 0.564. The third kappa shape index (κ3) is 10.0. The van der Waals surface area contributed by atoms with Crippen LogP contribution in [0.3, 0.4) is 0 Å². The van der Waals surface area contributed by atoms with Crippen molar-refractivity contribution in [3.8, 4) is 0 Å². The van der Waals surface area contributed by atoms with Crippen molar-refractivity contribution in [1.29, 1.82) is 0 Å². The van der Waals surface area contributed by atoms with Gasteiger partial charge < -0.3 is 10.6 Å². The number of halogens is 9. The summed E-state index contributed by atoms with van der Waals surface area (Å²) in [4.78, 5) is 24.2. The van der Waals surface area contributed by atoms with Gasteiger partial charge in [-0.25, -0.2) is 0 Å². The molecule has 210 valence electrons. The number of hydrogen-bond donors (Lipinski definition) is 2. The summed E-state index contributed by atoms with van der Waals surface area (Å²) >= 11 is 17.6. The highest BCUT2D eigenvalue weighted by molar-refractivity contribution is 6.48. The zero-order valence-electron chi connectivity index (χ0n) is 20.6. The van der Waals surface area contributed by atoms with Gasteiger partial charge in [0.05, 0.1) is 21.0 Å². The van der Waals surface area contributed by atoms with Gasteiger partial charge in [0.15, 0.2) is 0 Å². The van der Waals surface area contributed by atoms with E-state index in [0.29, 0.717) is 11.1 Å². The molecular formula is C25H25Cl3F6N2O2. The molecule has 2 aromatic carbocycles. The van der Waals surface area contributed by atoms with Crippen LogP contribution in [0.15, 0.2) is 36.4 Å². The molecule has 4 nitrogen and oxygen atoms in total. The second-order valence-electron chi connectivity index (χ2n) is 7.78. The van der Waals surface area contributed by atoms with Crippen molar-refractivity contribution in [2.24, 2.45) is 0 Å². The van der Waals surface area contributed by atoms with E-state index >= 15 is 0 Å². The molecule has 0 aliphatic rings. The van der Waals surface area contributed by atoms with Gasteiger partial charge in [-0.1, -0.05) is 72.9 Å². The molecule has 2 atom stereocenters. The van der Waals surface area contributed by atoms with E-state index in [1.54, 1.807) is 5.32 Å². The number of nitrogens with one attached hydrogen (secondary N) is 2. The van der Waals surface area contributed by atoms with Gasteiger partial charge in [0.1, 0.15) is 12.6 Å². The Kier molecular flexibility index (Phi) is 12.5. The first-order chi connectivity index (χ1) is 17.5. The second-order valence-corrected chi connectivity index (χ2v) is 8.97. The van der Waals surface area contributed by atoms with Gasteiger partial charge in [0.25, 0.3) is 5.91 Å². The molecule has 0 saturated heterocycles. The molecule has 38 heavy (non-hydrogen) atoms. The van der Waals surface area contributed by atoms with Crippen LogP contribution in [0.2, 0.25) is 15.1 Å². The Morgan fingerprint density at radius 1 is 0.974 bits per heavy atom. The molecule has 2 amide bonds. The Hall–Kier alpha value is -2.43. The summed E-state index contributed by atoms with van der Waals surface area (Å²) in [6.45, 7) is 5.18. The number of carbonyl (C=O) groups excluding carboxylic acids is 2. The summed E-state index contributed by atoms with van der Waals surface area (Å²) in [6.07, 6.45) is -7.17. The number of allylic oxidation sites excluding steroid dienone is 1. The molecule has 0 saturated carbocycles. The SMILES string of the molecule is CC.Cc1cc(/C=C/C(c2cc(Cl)c(Cl)c(Cl)c2)C(F)(F)F)ccc1C(=O)NC(C)C(=O)NCC(F)(F)F. The van der Waals surface area contributed by atoms with E-state index in [1.807, 2.05) is 13.8 Å². The number of amides is 2. The largest absolute Gasteiger partial charge is 0.405 e. The molecule has 0 aromatic heterocycles. The molecule has 2 aromatic rings. The maximum absolute atomic E-state index is 13.7. The Morgan fingerprint density at radius 2 is 1.53 bits per heavy atom. The minimum absolute atomic E-state index is 0.0661. The quantitative estimate of drug-likeness (QED) is 0.247. The van der Waals surface area contributed by atoms with Crippen molar-refractivity contribution in [3.63, 3.8) is 0 Å². The molecule has 0 radical (unpaired) electrons. The van der Waals surface area contributed by atoms with E-state index in [-0.39, 0.29) is 26.2 Å². The molecule has 2 N–H and O–H groups in total. The van der Waals surface area contributed by atoms with Crippen molar-refractivity contribution in [2.45, 2.75) is 52.0 Å².